The molecule has 0 spiro atoms. The lowest BCUT2D eigenvalue weighted by Crippen LogP contribution is -2.34. The van der Waals surface area contributed by atoms with Crippen LogP contribution in [-0.4, -0.2) is 32.2 Å². The number of nitrogens with zero attached hydrogens (tertiary/aromatic N) is 5. The fraction of sp³-hybridized carbons (Fsp3) is 0.583. The van der Waals surface area contributed by atoms with Crippen LogP contribution in [0.25, 0.3) is 5.78 Å². The molecule has 0 N–H and O–H groups in total. The molecule has 18 heavy (non-hydrogen) atoms. The first kappa shape index (κ1) is 11.7. The van der Waals surface area contributed by atoms with E-state index in [-0.39, 0.29) is 0 Å². The first-order chi connectivity index (χ1) is 8.79. The van der Waals surface area contributed by atoms with Crippen LogP contribution in [-0.2, 0) is 0 Å². The summed E-state index contributed by atoms with van der Waals surface area (Å²) in [7, 11) is 0. The molecule has 0 bridgehead atoms. The second kappa shape index (κ2) is 4.72. The number of halogens is 1. The summed E-state index contributed by atoms with van der Waals surface area (Å²) in [5.74, 6) is 1.56. The Hall–Kier alpha value is -1.36. The van der Waals surface area contributed by atoms with Gasteiger partial charge in [-0.1, -0.05) is 24.4 Å². The monoisotopic (exact) mass is 265 g/mol. The van der Waals surface area contributed by atoms with E-state index in [0.717, 1.165) is 12.4 Å². The highest BCUT2D eigenvalue weighted by atomic mass is 35.5. The van der Waals surface area contributed by atoms with Crippen LogP contribution in [0.1, 0.15) is 32.6 Å². The summed E-state index contributed by atoms with van der Waals surface area (Å²) in [6.07, 6.45) is 6.61. The predicted octanol–water partition coefficient (Wildman–Crippen LogP) is 2.55. The van der Waals surface area contributed by atoms with Gasteiger partial charge in [-0.25, -0.2) is 0 Å². The van der Waals surface area contributed by atoms with Crippen LogP contribution in [0.2, 0.25) is 5.15 Å². The van der Waals surface area contributed by atoms with Gasteiger partial charge in [0.15, 0.2) is 0 Å². The van der Waals surface area contributed by atoms with Crippen LogP contribution in [0, 0.1) is 0 Å². The van der Waals surface area contributed by atoms with Crippen LogP contribution in [0.4, 0.5) is 5.82 Å². The molecule has 96 valence electrons. The SMILES string of the molecule is CCN(c1cc(Cl)nc2ncnn12)C1CCCC1. The minimum atomic E-state index is 0.474. The molecule has 0 aromatic carbocycles. The van der Waals surface area contributed by atoms with E-state index in [1.54, 1.807) is 4.52 Å². The van der Waals surface area contributed by atoms with E-state index >= 15 is 0 Å². The van der Waals surface area contributed by atoms with E-state index in [1.165, 1.54) is 32.0 Å². The molecule has 0 saturated heterocycles. The zero-order valence-electron chi connectivity index (χ0n) is 10.4. The standard InChI is InChI=1S/C12H16ClN5/c1-2-17(9-5-3-4-6-9)11-7-10(13)16-12-14-8-15-18(11)12/h7-9H,2-6H2,1H3. The Balaban J connectivity index is 2.07. The maximum Gasteiger partial charge on any atom is 0.255 e. The van der Waals surface area contributed by atoms with Gasteiger partial charge in [-0.2, -0.15) is 19.6 Å². The van der Waals surface area contributed by atoms with Crippen molar-refractivity contribution in [1.82, 2.24) is 19.6 Å². The molecule has 2 aromatic heterocycles. The zero-order chi connectivity index (χ0) is 12.5. The van der Waals surface area contributed by atoms with Crippen LogP contribution < -0.4 is 4.90 Å². The molecule has 1 fully saturated rings. The second-order valence-corrected chi connectivity index (χ2v) is 5.02. The maximum absolute atomic E-state index is 6.07. The Kier molecular flexibility index (Phi) is 3.07. The lowest BCUT2D eigenvalue weighted by Gasteiger charge is -2.29. The highest BCUT2D eigenvalue weighted by Crippen LogP contribution is 2.28. The summed E-state index contributed by atoms with van der Waals surface area (Å²) >= 11 is 6.07. The number of hydrogen-bond donors (Lipinski definition) is 0. The number of fused-ring (bicyclic) bond motifs is 1. The fourth-order valence-electron chi connectivity index (χ4n) is 2.80. The summed E-state index contributed by atoms with van der Waals surface area (Å²) < 4.78 is 1.77. The predicted molar refractivity (Wildman–Crippen MR) is 71.1 cm³/mol. The highest BCUT2D eigenvalue weighted by Gasteiger charge is 2.24. The number of aromatic nitrogens is 4. The molecule has 0 unspecified atom stereocenters. The molecular weight excluding hydrogens is 250 g/mol. The molecule has 2 heterocycles. The topological polar surface area (TPSA) is 46.3 Å². The van der Waals surface area contributed by atoms with Gasteiger partial charge in [0.1, 0.15) is 17.3 Å². The molecule has 0 aliphatic heterocycles. The van der Waals surface area contributed by atoms with Crippen LogP contribution in [0.5, 0.6) is 0 Å². The quantitative estimate of drug-likeness (QED) is 0.800. The van der Waals surface area contributed by atoms with Gasteiger partial charge < -0.3 is 4.90 Å². The van der Waals surface area contributed by atoms with Crippen LogP contribution >= 0.6 is 11.6 Å². The zero-order valence-corrected chi connectivity index (χ0v) is 11.1. The van der Waals surface area contributed by atoms with Gasteiger partial charge in [-0.3, -0.25) is 0 Å². The largest absolute Gasteiger partial charge is 0.354 e. The molecule has 6 heteroatoms. The Morgan fingerprint density at radius 2 is 2.22 bits per heavy atom. The van der Waals surface area contributed by atoms with Crippen LogP contribution in [0.15, 0.2) is 12.4 Å². The molecule has 1 saturated carbocycles. The smallest absolute Gasteiger partial charge is 0.255 e. The number of hydrogen-bond acceptors (Lipinski definition) is 4. The van der Waals surface area contributed by atoms with Crippen molar-refractivity contribution in [3.63, 3.8) is 0 Å². The second-order valence-electron chi connectivity index (χ2n) is 4.63. The molecule has 1 aliphatic rings. The maximum atomic E-state index is 6.07. The summed E-state index contributed by atoms with van der Waals surface area (Å²) in [6.45, 7) is 3.11. The average Bonchev–Trinajstić information content (AvgIpc) is 2.99. The van der Waals surface area contributed by atoms with Gasteiger partial charge in [0.05, 0.1) is 0 Å². The molecule has 0 atom stereocenters. The van der Waals surface area contributed by atoms with E-state index in [4.69, 9.17) is 11.6 Å². The molecule has 5 nitrogen and oxygen atoms in total. The van der Waals surface area contributed by atoms with Crippen molar-refractivity contribution >= 4 is 23.2 Å². The minimum absolute atomic E-state index is 0.474. The minimum Gasteiger partial charge on any atom is -0.354 e. The van der Waals surface area contributed by atoms with Crippen molar-refractivity contribution in [3.8, 4) is 0 Å². The molecule has 3 rings (SSSR count). The fourth-order valence-corrected chi connectivity index (χ4v) is 2.97. The van der Waals surface area contributed by atoms with Gasteiger partial charge in [0, 0.05) is 18.7 Å². The molecular formula is C12H16ClN5. The van der Waals surface area contributed by atoms with Crippen molar-refractivity contribution < 1.29 is 0 Å². The van der Waals surface area contributed by atoms with Gasteiger partial charge in [0.2, 0.25) is 0 Å². The van der Waals surface area contributed by atoms with E-state index < -0.39 is 0 Å². The van der Waals surface area contributed by atoms with Gasteiger partial charge in [-0.15, -0.1) is 0 Å². The summed E-state index contributed by atoms with van der Waals surface area (Å²) in [5.41, 5.74) is 0. The molecule has 1 aliphatic carbocycles. The van der Waals surface area contributed by atoms with Crippen LogP contribution in [0.3, 0.4) is 0 Å². The third-order valence-corrected chi connectivity index (χ3v) is 3.80. The van der Waals surface area contributed by atoms with Gasteiger partial charge in [-0.05, 0) is 19.8 Å². The van der Waals surface area contributed by atoms with E-state index in [2.05, 4.69) is 26.9 Å². The normalized spacial score (nSPS) is 16.6. The van der Waals surface area contributed by atoms with E-state index in [9.17, 15) is 0 Å². The third kappa shape index (κ3) is 1.92. The average molecular weight is 266 g/mol. The molecule has 0 amide bonds. The van der Waals surface area contributed by atoms with Crippen molar-refractivity contribution in [2.45, 2.75) is 38.6 Å². The first-order valence-corrected chi connectivity index (χ1v) is 6.80. The van der Waals surface area contributed by atoms with Crippen molar-refractivity contribution in [1.29, 1.82) is 0 Å². The third-order valence-electron chi connectivity index (χ3n) is 3.60. The molecule has 0 radical (unpaired) electrons. The Morgan fingerprint density at radius 1 is 1.44 bits per heavy atom. The van der Waals surface area contributed by atoms with Crippen molar-refractivity contribution in [3.05, 3.63) is 17.5 Å². The first-order valence-electron chi connectivity index (χ1n) is 6.42. The lowest BCUT2D eigenvalue weighted by molar-refractivity contribution is 0.604. The highest BCUT2D eigenvalue weighted by molar-refractivity contribution is 6.29. The molecule has 2 aromatic rings. The van der Waals surface area contributed by atoms with Crippen molar-refractivity contribution in [2.75, 3.05) is 11.4 Å². The van der Waals surface area contributed by atoms with E-state index in [1.807, 2.05) is 6.07 Å². The Bertz CT molecular complexity index is 546. The number of rotatable bonds is 3. The van der Waals surface area contributed by atoms with Gasteiger partial charge in [0.25, 0.3) is 5.78 Å². The summed E-state index contributed by atoms with van der Waals surface area (Å²) in [5, 5.41) is 4.72. The number of anilines is 1. The van der Waals surface area contributed by atoms with Crippen molar-refractivity contribution in [2.24, 2.45) is 0 Å². The summed E-state index contributed by atoms with van der Waals surface area (Å²) in [4.78, 5) is 10.6. The summed E-state index contributed by atoms with van der Waals surface area (Å²) in [6, 6.07) is 2.46. The lowest BCUT2D eigenvalue weighted by atomic mass is 10.2. The Labute approximate surface area is 111 Å². The Morgan fingerprint density at radius 3 is 2.94 bits per heavy atom. The van der Waals surface area contributed by atoms with E-state index in [0.29, 0.717) is 17.0 Å². The van der Waals surface area contributed by atoms with Gasteiger partial charge >= 0.3 is 0 Å².